The van der Waals surface area contributed by atoms with Gasteiger partial charge in [-0.15, -0.1) is 23.7 Å². The summed E-state index contributed by atoms with van der Waals surface area (Å²) in [6, 6.07) is 0. The van der Waals surface area contributed by atoms with Crippen LogP contribution < -0.4 is 10.2 Å². The van der Waals surface area contributed by atoms with Crippen LogP contribution in [0.1, 0.15) is 31.6 Å². The molecule has 0 spiro atoms. The standard InChI is InChI=1S/C12H23N3S.ClH/c1-5-10(6-2)7-13-8-11-9-14-12(16-11)15(3)4;/h9-10,13H,5-8H2,1-4H3;1H. The first kappa shape index (κ1) is 16.7. The zero-order chi connectivity index (χ0) is 12.0. The van der Waals surface area contributed by atoms with Crippen LogP contribution in [0.2, 0.25) is 0 Å². The van der Waals surface area contributed by atoms with Gasteiger partial charge < -0.3 is 10.2 Å². The van der Waals surface area contributed by atoms with Crippen molar-refractivity contribution in [2.24, 2.45) is 5.92 Å². The van der Waals surface area contributed by atoms with Crippen LogP contribution >= 0.6 is 23.7 Å². The lowest BCUT2D eigenvalue weighted by molar-refractivity contribution is 0.450. The topological polar surface area (TPSA) is 28.2 Å². The number of nitrogens with zero attached hydrogens (tertiary/aromatic N) is 2. The molecule has 1 aromatic rings. The van der Waals surface area contributed by atoms with E-state index in [0.717, 1.165) is 24.1 Å². The SMILES string of the molecule is CCC(CC)CNCc1cnc(N(C)C)s1.Cl. The van der Waals surface area contributed by atoms with Crippen LogP contribution in [-0.4, -0.2) is 25.6 Å². The maximum Gasteiger partial charge on any atom is 0.185 e. The average Bonchev–Trinajstić information content (AvgIpc) is 2.73. The number of thiazole rings is 1. The van der Waals surface area contributed by atoms with Crippen molar-refractivity contribution in [1.82, 2.24) is 10.3 Å². The van der Waals surface area contributed by atoms with Gasteiger partial charge in [-0.05, 0) is 12.5 Å². The number of rotatable bonds is 7. The predicted molar refractivity (Wildman–Crippen MR) is 79.5 cm³/mol. The molecule has 1 rings (SSSR count). The summed E-state index contributed by atoms with van der Waals surface area (Å²) in [6.07, 6.45) is 4.49. The normalized spacial score (nSPS) is 10.4. The second-order valence-corrected chi connectivity index (χ2v) is 5.41. The predicted octanol–water partition coefficient (Wildman–Crippen LogP) is 3.16. The summed E-state index contributed by atoms with van der Waals surface area (Å²) in [4.78, 5) is 7.72. The first-order valence-electron chi connectivity index (χ1n) is 6.00. The Morgan fingerprint density at radius 1 is 1.35 bits per heavy atom. The Balaban J connectivity index is 0.00000256. The van der Waals surface area contributed by atoms with E-state index in [1.54, 1.807) is 11.3 Å². The Hall–Kier alpha value is -0.320. The minimum Gasteiger partial charge on any atom is -0.354 e. The summed E-state index contributed by atoms with van der Waals surface area (Å²) in [5.74, 6) is 0.807. The van der Waals surface area contributed by atoms with Gasteiger partial charge in [0.15, 0.2) is 5.13 Å². The summed E-state index contributed by atoms with van der Waals surface area (Å²) in [5.41, 5.74) is 0. The zero-order valence-electron chi connectivity index (χ0n) is 11.2. The minimum absolute atomic E-state index is 0. The Labute approximate surface area is 115 Å². The highest BCUT2D eigenvalue weighted by atomic mass is 35.5. The Morgan fingerprint density at radius 3 is 2.47 bits per heavy atom. The Morgan fingerprint density at radius 2 is 2.00 bits per heavy atom. The molecule has 3 nitrogen and oxygen atoms in total. The van der Waals surface area contributed by atoms with E-state index in [-0.39, 0.29) is 12.4 Å². The summed E-state index contributed by atoms with van der Waals surface area (Å²) in [7, 11) is 4.06. The van der Waals surface area contributed by atoms with Crippen molar-refractivity contribution in [2.45, 2.75) is 33.2 Å². The van der Waals surface area contributed by atoms with Crippen molar-refractivity contribution < 1.29 is 0 Å². The number of anilines is 1. The van der Waals surface area contributed by atoms with E-state index in [4.69, 9.17) is 0 Å². The quantitative estimate of drug-likeness (QED) is 0.830. The van der Waals surface area contributed by atoms with Crippen molar-refractivity contribution >= 4 is 28.9 Å². The summed E-state index contributed by atoms with van der Waals surface area (Å²) in [5, 5.41) is 4.59. The monoisotopic (exact) mass is 277 g/mol. The molecule has 0 aliphatic heterocycles. The summed E-state index contributed by atoms with van der Waals surface area (Å²) in [6.45, 7) is 6.57. The molecule has 0 saturated heterocycles. The lowest BCUT2D eigenvalue weighted by Gasteiger charge is -2.12. The zero-order valence-corrected chi connectivity index (χ0v) is 12.8. The van der Waals surface area contributed by atoms with Crippen LogP contribution in [0.5, 0.6) is 0 Å². The number of halogens is 1. The molecule has 0 bridgehead atoms. The highest BCUT2D eigenvalue weighted by molar-refractivity contribution is 7.15. The molecule has 0 radical (unpaired) electrons. The van der Waals surface area contributed by atoms with Gasteiger partial charge in [-0.3, -0.25) is 0 Å². The molecule has 0 amide bonds. The first-order valence-corrected chi connectivity index (χ1v) is 6.81. The van der Waals surface area contributed by atoms with Gasteiger partial charge in [0.1, 0.15) is 0 Å². The molecule has 0 fully saturated rings. The average molecular weight is 278 g/mol. The summed E-state index contributed by atoms with van der Waals surface area (Å²) < 4.78 is 0. The van der Waals surface area contributed by atoms with Gasteiger partial charge >= 0.3 is 0 Å². The van der Waals surface area contributed by atoms with E-state index < -0.39 is 0 Å². The van der Waals surface area contributed by atoms with Crippen LogP contribution in [0.15, 0.2) is 6.20 Å². The van der Waals surface area contributed by atoms with Gasteiger partial charge in [-0.1, -0.05) is 26.7 Å². The molecule has 17 heavy (non-hydrogen) atoms. The molecule has 5 heteroatoms. The number of aromatic nitrogens is 1. The van der Waals surface area contributed by atoms with Gasteiger partial charge in [0, 0.05) is 31.7 Å². The molecule has 1 heterocycles. The van der Waals surface area contributed by atoms with Crippen molar-refractivity contribution in [1.29, 1.82) is 0 Å². The van der Waals surface area contributed by atoms with E-state index in [2.05, 4.69) is 29.0 Å². The van der Waals surface area contributed by atoms with E-state index in [1.807, 2.05) is 20.3 Å². The van der Waals surface area contributed by atoms with Crippen molar-refractivity contribution in [3.05, 3.63) is 11.1 Å². The van der Waals surface area contributed by atoms with Gasteiger partial charge in [0.05, 0.1) is 0 Å². The molecule has 0 aliphatic carbocycles. The largest absolute Gasteiger partial charge is 0.354 e. The fourth-order valence-corrected chi connectivity index (χ4v) is 2.36. The number of hydrogen-bond acceptors (Lipinski definition) is 4. The third kappa shape index (κ3) is 5.70. The van der Waals surface area contributed by atoms with E-state index in [0.29, 0.717) is 0 Å². The third-order valence-electron chi connectivity index (χ3n) is 2.81. The fourth-order valence-electron chi connectivity index (χ4n) is 1.56. The molecule has 0 atom stereocenters. The Bertz CT molecular complexity index is 298. The van der Waals surface area contributed by atoms with Gasteiger partial charge in [-0.25, -0.2) is 4.98 Å². The van der Waals surface area contributed by atoms with E-state index in [9.17, 15) is 0 Å². The second-order valence-electron chi connectivity index (χ2n) is 4.32. The third-order valence-corrected chi connectivity index (χ3v) is 3.98. The highest BCUT2D eigenvalue weighted by Gasteiger charge is 2.05. The van der Waals surface area contributed by atoms with Crippen molar-refractivity contribution in [2.75, 3.05) is 25.5 Å². The molecule has 100 valence electrons. The maximum atomic E-state index is 4.36. The van der Waals surface area contributed by atoms with Crippen LogP contribution in [0.3, 0.4) is 0 Å². The number of nitrogens with one attached hydrogen (secondary N) is 1. The molecule has 0 unspecified atom stereocenters. The molecular formula is C12H24ClN3S. The Kier molecular flexibility index (Phi) is 8.56. The van der Waals surface area contributed by atoms with Gasteiger partial charge in [-0.2, -0.15) is 0 Å². The maximum absolute atomic E-state index is 4.36. The second kappa shape index (κ2) is 8.72. The van der Waals surface area contributed by atoms with E-state index in [1.165, 1.54) is 17.7 Å². The highest BCUT2D eigenvalue weighted by Crippen LogP contribution is 2.20. The number of hydrogen-bond donors (Lipinski definition) is 1. The van der Waals surface area contributed by atoms with Crippen LogP contribution in [-0.2, 0) is 6.54 Å². The smallest absolute Gasteiger partial charge is 0.185 e. The molecule has 1 N–H and O–H groups in total. The van der Waals surface area contributed by atoms with Crippen molar-refractivity contribution in [3.63, 3.8) is 0 Å². The van der Waals surface area contributed by atoms with Gasteiger partial charge in [0.2, 0.25) is 0 Å². The summed E-state index contributed by atoms with van der Waals surface area (Å²) >= 11 is 1.76. The lowest BCUT2D eigenvalue weighted by Crippen LogP contribution is -2.21. The van der Waals surface area contributed by atoms with Crippen molar-refractivity contribution in [3.8, 4) is 0 Å². The van der Waals surface area contributed by atoms with Gasteiger partial charge in [0.25, 0.3) is 0 Å². The fraction of sp³-hybridized carbons (Fsp3) is 0.750. The molecule has 0 aromatic carbocycles. The molecule has 1 aromatic heterocycles. The minimum atomic E-state index is 0. The van der Waals surface area contributed by atoms with Crippen LogP contribution in [0.25, 0.3) is 0 Å². The molecule has 0 aliphatic rings. The first-order chi connectivity index (χ1) is 7.67. The van der Waals surface area contributed by atoms with E-state index >= 15 is 0 Å². The molecule has 0 saturated carbocycles. The lowest BCUT2D eigenvalue weighted by atomic mass is 10.0. The van der Waals surface area contributed by atoms with Crippen LogP contribution in [0.4, 0.5) is 5.13 Å². The van der Waals surface area contributed by atoms with Crippen LogP contribution in [0, 0.1) is 5.92 Å². The molecular weight excluding hydrogens is 254 g/mol.